The number of fused-ring (bicyclic) bond motifs is 1. The lowest BCUT2D eigenvalue weighted by molar-refractivity contribution is 0.187. The molecule has 0 N–H and O–H groups in total. The maximum absolute atomic E-state index is 5.63. The third-order valence-electron chi connectivity index (χ3n) is 5.17. The number of hydrogen-bond acceptors (Lipinski definition) is 6. The van der Waals surface area contributed by atoms with Crippen molar-refractivity contribution < 1.29 is 9.47 Å². The van der Waals surface area contributed by atoms with Gasteiger partial charge in [0.15, 0.2) is 16.3 Å². The van der Waals surface area contributed by atoms with Crippen LogP contribution < -0.4 is 9.47 Å². The quantitative estimate of drug-likeness (QED) is 0.574. The number of benzene rings is 1. The van der Waals surface area contributed by atoms with Crippen LogP contribution in [0.3, 0.4) is 0 Å². The first kappa shape index (κ1) is 19.2. The number of ether oxygens (including phenoxy) is 2. The minimum absolute atomic E-state index is 0.685. The third-order valence-corrected chi connectivity index (χ3v) is 6.54. The van der Waals surface area contributed by atoms with E-state index in [0.29, 0.717) is 6.67 Å². The highest BCUT2D eigenvalue weighted by Crippen LogP contribution is 2.33. The fourth-order valence-electron chi connectivity index (χ4n) is 3.60. The molecule has 1 aromatic carbocycles. The van der Waals surface area contributed by atoms with Crippen LogP contribution in [0.4, 0.5) is 0 Å². The molecule has 0 bridgehead atoms. The molecule has 0 atom stereocenters. The van der Waals surface area contributed by atoms with Gasteiger partial charge in [-0.2, -0.15) is 5.10 Å². The van der Waals surface area contributed by atoms with E-state index < -0.39 is 0 Å². The van der Waals surface area contributed by atoms with E-state index in [1.165, 1.54) is 16.0 Å². The molecule has 0 spiro atoms. The standard InChI is InChI=1S/C20H24N4O2S2/c1-22-19(11-16-5-4-8-28-16)21-24(20(22)27)13-23-7-6-14-9-17(25-2)18(26-3)10-15(14)12-23/h4-5,8-10H,6-7,11-13H2,1-3H3. The van der Waals surface area contributed by atoms with Crippen LogP contribution in [-0.4, -0.2) is 40.0 Å². The predicted molar refractivity (Wildman–Crippen MR) is 113 cm³/mol. The highest BCUT2D eigenvalue weighted by molar-refractivity contribution is 7.71. The normalized spacial score (nSPS) is 14.1. The number of nitrogens with zero attached hydrogens (tertiary/aromatic N) is 4. The van der Waals surface area contributed by atoms with Gasteiger partial charge in [0, 0.05) is 31.4 Å². The number of thiophene rings is 1. The summed E-state index contributed by atoms with van der Waals surface area (Å²) in [4.78, 5) is 3.66. The molecule has 0 fully saturated rings. The Hall–Kier alpha value is -2.16. The van der Waals surface area contributed by atoms with Gasteiger partial charge >= 0.3 is 0 Å². The monoisotopic (exact) mass is 416 g/mol. The largest absolute Gasteiger partial charge is 0.493 e. The van der Waals surface area contributed by atoms with Crippen LogP contribution in [0.25, 0.3) is 0 Å². The van der Waals surface area contributed by atoms with Crippen LogP contribution in [0.1, 0.15) is 21.8 Å². The van der Waals surface area contributed by atoms with Gasteiger partial charge in [0.2, 0.25) is 0 Å². The molecule has 3 heterocycles. The zero-order valence-corrected chi connectivity index (χ0v) is 18.0. The number of aromatic nitrogens is 3. The highest BCUT2D eigenvalue weighted by atomic mass is 32.1. The van der Waals surface area contributed by atoms with E-state index in [1.807, 2.05) is 16.3 Å². The molecule has 4 rings (SSSR count). The highest BCUT2D eigenvalue weighted by Gasteiger charge is 2.21. The van der Waals surface area contributed by atoms with Crippen LogP contribution >= 0.6 is 23.6 Å². The Morgan fingerprint density at radius 1 is 1.18 bits per heavy atom. The van der Waals surface area contributed by atoms with E-state index in [1.54, 1.807) is 25.6 Å². The summed E-state index contributed by atoms with van der Waals surface area (Å²) in [5, 5.41) is 6.88. The van der Waals surface area contributed by atoms with Gasteiger partial charge in [0.05, 0.1) is 20.9 Å². The van der Waals surface area contributed by atoms with Gasteiger partial charge in [-0.3, -0.25) is 4.90 Å². The molecule has 0 saturated heterocycles. The summed E-state index contributed by atoms with van der Waals surface area (Å²) in [6, 6.07) is 8.38. The molecule has 6 nitrogen and oxygen atoms in total. The van der Waals surface area contributed by atoms with Gasteiger partial charge in [-0.05, 0) is 53.3 Å². The first-order valence-electron chi connectivity index (χ1n) is 9.20. The Balaban J connectivity index is 1.52. The predicted octanol–water partition coefficient (Wildman–Crippen LogP) is 3.64. The molecular weight excluding hydrogens is 392 g/mol. The van der Waals surface area contributed by atoms with Gasteiger partial charge in [0.1, 0.15) is 5.82 Å². The number of hydrogen-bond donors (Lipinski definition) is 0. The fraction of sp³-hybridized carbons (Fsp3) is 0.400. The van der Waals surface area contributed by atoms with Crippen molar-refractivity contribution in [1.29, 1.82) is 0 Å². The topological polar surface area (TPSA) is 44.5 Å². The van der Waals surface area contributed by atoms with Gasteiger partial charge in [-0.15, -0.1) is 11.3 Å². The first-order chi connectivity index (χ1) is 13.6. The summed E-state index contributed by atoms with van der Waals surface area (Å²) in [5.74, 6) is 2.56. The molecule has 1 aliphatic heterocycles. The van der Waals surface area contributed by atoms with E-state index >= 15 is 0 Å². The summed E-state index contributed by atoms with van der Waals surface area (Å²) in [6.45, 7) is 2.49. The van der Waals surface area contributed by atoms with Crippen molar-refractivity contribution in [2.45, 2.75) is 26.1 Å². The zero-order chi connectivity index (χ0) is 19.7. The zero-order valence-electron chi connectivity index (χ0n) is 16.3. The van der Waals surface area contributed by atoms with E-state index in [9.17, 15) is 0 Å². The minimum Gasteiger partial charge on any atom is -0.493 e. The molecule has 0 amide bonds. The molecule has 28 heavy (non-hydrogen) atoms. The van der Waals surface area contributed by atoms with Crippen molar-refractivity contribution >= 4 is 23.6 Å². The van der Waals surface area contributed by atoms with E-state index in [2.05, 4.69) is 34.5 Å². The summed E-state index contributed by atoms with van der Waals surface area (Å²) >= 11 is 7.38. The molecule has 0 saturated carbocycles. The average molecular weight is 417 g/mol. The van der Waals surface area contributed by atoms with E-state index in [0.717, 1.165) is 48.0 Å². The van der Waals surface area contributed by atoms with Gasteiger partial charge < -0.3 is 14.0 Å². The van der Waals surface area contributed by atoms with Crippen molar-refractivity contribution in [3.05, 3.63) is 56.2 Å². The summed E-state index contributed by atoms with van der Waals surface area (Å²) in [6.07, 6.45) is 1.78. The maximum atomic E-state index is 5.63. The van der Waals surface area contributed by atoms with Crippen LogP contribution in [-0.2, 0) is 33.1 Å². The van der Waals surface area contributed by atoms with Crippen molar-refractivity contribution in [3.63, 3.8) is 0 Å². The Morgan fingerprint density at radius 3 is 2.61 bits per heavy atom. The average Bonchev–Trinajstić information content (AvgIpc) is 3.31. The van der Waals surface area contributed by atoms with Crippen molar-refractivity contribution in [1.82, 2.24) is 19.2 Å². The van der Waals surface area contributed by atoms with Gasteiger partial charge in [-0.1, -0.05) is 6.07 Å². The third kappa shape index (κ3) is 3.72. The smallest absolute Gasteiger partial charge is 0.198 e. The Morgan fingerprint density at radius 2 is 1.93 bits per heavy atom. The van der Waals surface area contributed by atoms with Gasteiger partial charge in [0.25, 0.3) is 0 Å². The molecule has 8 heteroatoms. The second-order valence-corrected chi connectivity index (χ2v) is 8.33. The van der Waals surface area contributed by atoms with E-state index in [4.69, 9.17) is 26.8 Å². The lowest BCUT2D eigenvalue weighted by atomic mass is 9.99. The lowest BCUT2D eigenvalue weighted by Gasteiger charge is -2.29. The summed E-state index contributed by atoms with van der Waals surface area (Å²) in [5.41, 5.74) is 2.59. The maximum Gasteiger partial charge on any atom is 0.198 e. The fourth-order valence-corrected chi connectivity index (χ4v) is 4.51. The SMILES string of the molecule is COc1cc2c(cc1OC)CN(Cn1nc(Cc3cccs3)n(C)c1=S)CC2. The Labute approximate surface area is 173 Å². The Bertz CT molecular complexity index is 1020. The molecular formula is C20H24N4O2S2. The molecule has 0 unspecified atom stereocenters. The van der Waals surface area contributed by atoms with Crippen molar-refractivity contribution in [3.8, 4) is 11.5 Å². The van der Waals surface area contributed by atoms with Crippen molar-refractivity contribution in [2.24, 2.45) is 7.05 Å². The van der Waals surface area contributed by atoms with Crippen LogP contribution in [0.15, 0.2) is 29.6 Å². The molecule has 0 aliphatic carbocycles. The van der Waals surface area contributed by atoms with Gasteiger partial charge in [-0.25, -0.2) is 4.68 Å². The molecule has 3 aromatic rings. The number of methoxy groups -OCH3 is 2. The number of rotatable bonds is 6. The molecule has 0 radical (unpaired) electrons. The van der Waals surface area contributed by atoms with Crippen LogP contribution in [0, 0.1) is 4.77 Å². The second-order valence-electron chi connectivity index (χ2n) is 6.93. The first-order valence-corrected chi connectivity index (χ1v) is 10.5. The molecule has 148 valence electrons. The van der Waals surface area contributed by atoms with Crippen molar-refractivity contribution in [2.75, 3.05) is 20.8 Å². The second kappa shape index (κ2) is 8.06. The molecule has 2 aromatic heterocycles. The molecule has 1 aliphatic rings. The minimum atomic E-state index is 0.685. The van der Waals surface area contributed by atoms with Crippen LogP contribution in [0.5, 0.6) is 11.5 Å². The summed E-state index contributed by atoms with van der Waals surface area (Å²) < 4.78 is 15.6. The summed E-state index contributed by atoms with van der Waals surface area (Å²) in [7, 11) is 5.35. The van der Waals surface area contributed by atoms with Crippen LogP contribution in [0.2, 0.25) is 0 Å². The van der Waals surface area contributed by atoms with E-state index in [-0.39, 0.29) is 0 Å². The Kier molecular flexibility index (Phi) is 5.52. The lowest BCUT2D eigenvalue weighted by Crippen LogP contribution is -2.33.